The molecule has 0 rings (SSSR count). The van der Waals surface area contributed by atoms with E-state index in [1.165, 1.54) is 0 Å². The molecule has 0 aromatic rings. The fourth-order valence-corrected chi connectivity index (χ4v) is 1.84. The van der Waals surface area contributed by atoms with Crippen molar-refractivity contribution < 1.29 is 14.7 Å². The lowest BCUT2D eigenvalue weighted by Gasteiger charge is -2.17. The van der Waals surface area contributed by atoms with E-state index in [2.05, 4.69) is 24.7 Å². The number of carboxylic acids is 1. The van der Waals surface area contributed by atoms with Crippen LogP contribution in [0.2, 0.25) is 0 Å². The minimum absolute atomic E-state index is 0.116. The van der Waals surface area contributed by atoms with Crippen LogP contribution in [0.4, 0.5) is 0 Å². The maximum absolute atomic E-state index is 11.8. The zero-order valence-electron chi connectivity index (χ0n) is 12.8. The van der Waals surface area contributed by atoms with Crippen LogP contribution >= 0.6 is 0 Å². The van der Waals surface area contributed by atoms with Crippen LogP contribution in [0.25, 0.3) is 0 Å². The molecule has 0 saturated heterocycles. The second-order valence-corrected chi connectivity index (χ2v) is 5.15. The highest BCUT2D eigenvalue weighted by Gasteiger charge is 2.28. The Morgan fingerprint density at radius 2 is 2.05 bits per heavy atom. The lowest BCUT2D eigenvalue weighted by molar-refractivity contribution is -0.146. The standard InChI is InChI=1S/C17H25NO3/c1-5-12-18-16(19)14(4)15(17(20)21)11-9-7-8-10-13(3)6-2/h1,6-7,9,13-15H,2,8,10-12H2,3-4H3,(H,18,19)(H,20,21)/b9-7+. The van der Waals surface area contributed by atoms with Crippen molar-refractivity contribution in [3.05, 3.63) is 24.8 Å². The quantitative estimate of drug-likeness (QED) is 0.480. The molecule has 4 heteroatoms. The highest BCUT2D eigenvalue weighted by atomic mass is 16.4. The van der Waals surface area contributed by atoms with Crippen LogP contribution in [0.3, 0.4) is 0 Å². The van der Waals surface area contributed by atoms with Gasteiger partial charge in [-0.15, -0.1) is 13.0 Å². The van der Waals surface area contributed by atoms with Gasteiger partial charge >= 0.3 is 5.97 Å². The number of amides is 1. The van der Waals surface area contributed by atoms with Crippen molar-refractivity contribution in [1.82, 2.24) is 5.32 Å². The molecule has 0 radical (unpaired) electrons. The van der Waals surface area contributed by atoms with E-state index in [1.54, 1.807) is 6.92 Å². The lowest BCUT2D eigenvalue weighted by atomic mass is 9.90. The third kappa shape index (κ3) is 7.98. The smallest absolute Gasteiger partial charge is 0.307 e. The number of aliphatic carboxylic acids is 1. The van der Waals surface area contributed by atoms with Gasteiger partial charge in [0, 0.05) is 5.92 Å². The Morgan fingerprint density at radius 1 is 1.38 bits per heavy atom. The SMILES string of the molecule is C#CCNC(=O)C(C)C(C/C=C/CCC(C)C=C)C(=O)O. The van der Waals surface area contributed by atoms with Gasteiger partial charge in [0.1, 0.15) is 0 Å². The van der Waals surface area contributed by atoms with Gasteiger partial charge in [0.05, 0.1) is 12.5 Å². The Balaban J connectivity index is 4.39. The van der Waals surface area contributed by atoms with Crippen molar-refractivity contribution in [1.29, 1.82) is 0 Å². The summed E-state index contributed by atoms with van der Waals surface area (Å²) in [5.74, 6) is 0.0863. The van der Waals surface area contributed by atoms with Crippen molar-refractivity contribution in [2.45, 2.75) is 33.1 Å². The van der Waals surface area contributed by atoms with Gasteiger partial charge in [-0.2, -0.15) is 0 Å². The van der Waals surface area contributed by atoms with Crippen LogP contribution in [0.15, 0.2) is 24.8 Å². The first-order chi connectivity index (χ1) is 9.93. The van der Waals surface area contributed by atoms with E-state index in [0.717, 1.165) is 12.8 Å². The van der Waals surface area contributed by atoms with Gasteiger partial charge in [-0.25, -0.2) is 0 Å². The fraction of sp³-hybridized carbons (Fsp3) is 0.529. The maximum atomic E-state index is 11.8. The first kappa shape index (κ1) is 19.0. The van der Waals surface area contributed by atoms with Crippen molar-refractivity contribution in [2.24, 2.45) is 17.8 Å². The number of hydrogen-bond donors (Lipinski definition) is 2. The Bertz CT molecular complexity index is 420. The molecule has 3 unspecified atom stereocenters. The number of carbonyl (C=O) groups is 2. The van der Waals surface area contributed by atoms with Gasteiger partial charge in [-0.05, 0) is 25.2 Å². The first-order valence-corrected chi connectivity index (χ1v) is 7.15. The van der Waals surface area contributed by atoms with Crippen molar-refractivity contribution in [2.75, 3.05) is 6.54 Å². The summed E-state index contributed by atoms with van der Waals surface area (Å²) in [5, 5.41) is 11.8. The number of carbonyl (C=O) groups excluding carboxylic acids is 1. The molecule has 116 valence electrons. The van der Waals surface area contributed by atoms with E-state index < -0.39 is 17.8 Å². The topological polar surface area (TPSA) is 66.4 Å². The third-order valence-corrected chi connectivity index (χ3v) is 3.45. The second-order valence-electron chi connectivity index (χ2n) is 5.15. The molecule has 0 spiro atoms. The van der Waals surface area contributed by atoms with E-state index in [4.69, 9.17) is 6.42 Å². The monoisotopic (exact) mass is 291 g/mol. The third-order valence-electron chi connectivity index (χ3n) is 3.45. The van der Waals surface area contributed by atoms with Crippen LogP contribution < -0.4 is 5.32 Å². The summed E-state index contributed by atoms with van der Waals surface area (Å²) in [5.41, 5.74) is 0. The van der Waals surface area contributed by atoms with E-state index in [-0.39, 0.29) is 12.5 Å². The van der Waals surface area contributed by atoms with E-state index >= 15 is 0 Å². The molecule has 0 aliphatic heterocycles. The predicted molar refractivity (Wildman–Crippen MR) is 84.5 cm³/mol. The number of allylic oxidation sites excluding steroid dienone is 3. The predicted octanol–water partition coefficient (Wildman–Crippen LogP) is 2.62. The van der Waals surface area contributed by atoms with Gasteiger partial charge in [-0.3, -0.25) is 9.59 Å². The van der Waals surface area contributed by atoms with Crippen LogP contribution in [0.5, 0.6) is 0 Å². The van der Waals surface area contributed by atoms with Crippen molar-refractivity contribution in [3.8, 4) is 12.3 Å². The summed E-state index contributed by atoms with van der Waals surface area (Å²) in [7, 11) is 0. The molecule has 0 fully saturated rings. The Morgan fingerprint density at radius 3 is 2.57 bits per heavy atom. The largest absolute Gasteiger partial charge is 0.481 e. The number of rotatable bonds is 10. The van der Waals surface area contributed by atoms with Gasteiger partial charge < -0.3 is 10.4 Å². The zero-order valence-corrected chi connectivity index (χ0v) is 12.8. The van der Waals surface area contributed by atoms with E-state index in [1.807, 2.05) is 18.2 Å². The molecule has 1 amide bonds. The molecule has 0 bridgehead atoms. The molecule has 3 atom stereocenters. The highest BCUT2D eigenvalue weighted by molar-refractivity contribution is 5.84. The summed E-state index contributed by atoms with van der Waals surface area (Å²) >= 11 is 0. The molecule has 0 saturated carbocycles. The minimum Gasteiger partial charge on any atom is -0.481 e. The van der Waals surface area contributed by atoms with Crippen LogP contribution in [-0.2, 0) is 9.59 Å². The molecule has 4 nitrogen and oxygen atoms in total. The van der Waals surface area contributed by atoms with Crippen LogP contribution in [-0.4, -0.2) is 23.5 Å². The Labute approximate surface area is 127 Å². The van der Waals surface area contributed by atoms with Crippen molar-refractivity contribution in [3.63, 3.8) is 0 Å². The average Bonchev–Trinajstić information content (AvgIpc) is 2.46. The van der Waals surface area contributed by atoms with Crippen LogP contribution in [0, 0.1) is 30.1 Å². The van der Waals surface area contributed by atoms with E-state index in [9.17, 15) is 14.7 Å². The summed E-state index contributed by atoms with van der Waals surface area (Å²) in [4.78, 5) is 23.0. The fourth-order valence-electron chi connectivity index (χ4n) is 1.84. The molecular weight excluding hydrogens is 266 g/mol. The van der Waals surface area contributed by atoms with Gasteiger partial charge in [0.15, 0.2) is 0 Å². The zero-order chi connectivity index (χ0) is 16.3. The summed E-state index contributed by atoms with van der Waals surface area (Å²) in [6.45, 7) is 7.53. The van der Waals surface area contributed by atoms with E-state index in [0.29, 0.717) is 12.3 Å². The molecule has 21 heavy (non-hydrogen) atoms. The minimum atomic E-state index is -0.970. The lowest BCUT2D eigenvalue weighted by Crippen LogP contribution is -2.36. The average molecular weight is 291 g/mol. The van der Waals surface area contributed by atoms with Crippen LogP contribution in [0.1, 0.15) is 33.1 Å². The Kier molecular flexibility index (Phi) is 9.70. The summed E-state index contributed by atoms with van der Waals surface area (Å²) in [6.07, 6.45) is 12.9. The second kappa shape index (κ2) is 10.7. The first-order valence-electron chi connectivity index (χ1n) is 7.15. The number of nitrogens with one attached hydrogen (secondary N) is 1. The number of terminal acetylenes is 1. The molecule has 0 aliphatic rings. The normalized spacial score (nSPS) is 14.9. The summed E-state index contributed by atoms with van der Waals surface area (Å²) < 4.78 is 0. The molecular formula is C17H25NO3. The number of hydrogen-bond acceptors (Lipinski definition) is 2. The molecule has 0 aliphatic carbocycles. The molecule has 0 heterocycles. The highest BCUT2D eigenvalue weighted by Crippen LogP contribution is 2.18. The van der Waals surface area contributed by atoms with Gasteiger partial charge in [0.25, 0.3) is 0 Å². The molecule has 2 N–H and O–H groups in total. The van der Waals surface area contributed by atoms with Gasteiger partial charge in [-0.1, -0.05) is 38.0 Å². The Hall–Kier alpha value is -2.02. The maximum Gasteiger partial charge on any atom is 0.307 e. The van der Waals surface area contributed by atoms with Gasteiger partial charge in [0.2, 0.25) is 5.91 Å². The molecule has 0 aromatic heterocycles. The molecule has 0 aromatic carbocycles. The summed E-state index contributed by atoms with van der Waals surface area (Å²) in [6, 6.07) is 0. The number of carboxylic acid groups (broad SMARTS) is 1. The van der Waals surface area contributed by atoms with Crippen molar-refractivity contribution >= 4 is 11.9 Å².